The third-order valence-corrected chi connectivity index (χ3v) is 12.5. The zero-order chi connectivity index (χ0) is 48.4. The number of rotatable bonds is 50. The van der Waals surface area contributed by atoms with Crippen LogP contribution in [0.4, 0.5) is 0 Å². The third-order valence-electron chi connectivity index (χ3n) is 11.5. The normalized spacial score (nSPS) is 13.7. The van der Waals surface area contributed by atoms with Crippen LogP contribution in [0.2, 0.25) is 0 Å². The lowest BCUT2D eigenvalue weighted by Gasteiger charge is -2.21. The number of carbonyl (C=O) groups is 3. The smallest absolute Gasteiger partial charge is 0.462 e. The molecular formula is C54H99O11P. The number of carbonyl (C=O) groups excluding carboxylic acids is 3. The van der Waals surface area contributed by atoms with Crippen LogP contribution in [0.5, 0.6) is 0 Å². The van der Waals surface area contributed by atoms with Crippen LogP contribution in [0.3, 0.4) is 0 Å². The van der Waals surface area contributed by atoms with E-state index >= 15 is 0 Å². The van der Waals surface area contributed by atoms with Crippen molar-refractivity contribution in [2.45, 2.75) is 264 Å². The lowest BCUT2D eigenvalue weighted by Crippen LogP contribution is -2.30. The molecule has 66 heavy (non-hydrogen) atoms. The quantitative estimate of drug-likeness (QED) is 0.0197. The van der Waals surface area contributed by atoms with E-state index in [4.69, 9.17) is 23.3 Å². The molecule has 0 heterocycles. The second kappa shape index (κ2) is 49.1. The van der Waals surface area contributed by atoms with Crippen molar-refractivity contribution in [1.82, 2.24) is 0 Å². The van der Waals surface area contributed by atoms with Crippen LogP contribution in [0, 0.1) is 0 Å². The van der Waals surface area contributed by atoms with Crippen molar-refractivity contribution in [3.05, 3.63) is 36.5 Å². The first-order valence-electron chi connectivity index (χ1n) is 26.9. The molecule has 12 heteroatoms. The minimum absolute atomic E-state index is 0.163. The highest BCUT2D eigenvalue weighted by molar-refractivity contribution is 7.47. The zero-order valence-corrected chi connectivity index (χ0v) is 43.3. The van der Waals surface area contributed by atoms with Gasteiger partial charge in [0, 0.05) is 19.3 Å². The number of esters is 3. The van der Waals surface area contributed by atoms with Gasteiger partial charge in [-0.15, -0.1) is 0 Å². The molecule has 0 bridgehead atoms. The molecule has 0 aliphatic rings. The molecule has 0 amide bonds. The number of aliphatic hydroxyl groups excluding tert-OH is 1. The summed E-state index contributed by atoms with van der Waals surface area (Å²) < 4.78 is 39.4. The summed E-state index contributed by atoms with van der Waals surface area (Å²) in [6, 6.07) is 0. The second-order valence-corrected chi connectivity index (χ2v) is 19.5. The number of phosphoric ester groups is 1. The highest BCUT2D eigenvalue weighted by atomic mass is 31.2. The van der Waals surface area contributed by atoms with Gasteiger partial charge < -0.3 is 24.2 Å². The Morgan fingerprint density at radius 1 is 0.424 bits per heavy atom. The summed E-state index contributed by atoms with van der Waals surface area (Å²) in [5.41, 5.74) is 0. The van der Waals surface area contributed by atoms with Crippen molar-refractivity contribution in [2.24, 2.45) is 0 Å². The Kier molecular flexibility index (Phi) is 47.4. The molecule has 0 saturated heterocycles. The summed E-state index contributed by atoms with van der Waals surface area (Å²) >= 11 is 0. The Hall–Kier alpha value is -2.30. The van der Waals surface area contributed by atoms with E-state index in [-0.39, 0.29) is 25.9 Å². The summed E-state index contributed by atoms with van der Waals surface area (Å²) in [6.07, 6.45) is 48.2. The van der Waals surface area contributed by atoms with Gasteiger partial charge in [-0.2, -0.15) is 0 Å². The molecule has 0 aliphatic heterocycles. The SMILES string of the molecule is CCC/C=C\C/C=C\CCCCCCCC(=O)OC(CO)COP(=O)(O)OCC(COC(=O)CCCCCCC/C=C\CCCC)OC(=O)CCCCCCCCCCCCCCCCC. The van der Waals surface area contributed by atoms with Crippen molar-refractivity contribution < 1.29 is 52.2 Å². The minimum Gasteiger partial charge on any atom is -0.462 e. The predicted octanol–water partition coefficient (Wildman–Crippen LogP) is 15.3. The molecule has 0 saturated carbocycles. The topological polar surface area (TPSA) is 155 Å². The van der Waals surface area contributed by atoms with Crippen LogP contribution in [0.1, 0.15) is 252 Å². The monoisotopic (exact) mass is 955 g/mol. The second-order valence-electron chi connectivity index (χ2n) is 18.0. The van der Waals surface area contributed by atoms with Crippen LogP contribution in [0.15, 0.2) is 36.5 Å². The van der Waals surface area contributed by atoms with Gasteiger partial charge in [0.1, 0.15) is 12.7 Å². The number of ether oxygens (including phenoxy) is 3. The molecule has 386 valence electrons. The molecule has 0 aliphatic carbocycles. The molecule has 0 rings (SSSR count). The first-order chi connectivity index (χ1) is 32.2. The molecule has 0 spiro atoms. The third kappa shape index (κ3) is 46.8. The Bertz CT molecular complexity index is 1250. The number of hydrogen-bond acceptors (Lipinski definition) is 10. The summed E-state index contributed by atoms with van der Waals surface area (Å²) in [5, 5.41) is 9.77. The number of aliphatic hydroxyl groups is 1. The average molecular weight is 955 g/mol. The van der Waals surface area contributed by atoms with Crippen molar-refractivity contribution in [2.75, 3.05) is 26.4 Å². The van der Waals surface area contributed by atoms with Gasteiger partial charge in [-0.3, -0.25) is 23.4 Å². The van der Waals surface area contributed by atoms with Gasteiger partial charge in [0.05, 0.1) is 19.8 Å². The van der Waals surface area contributed by atoms with E-state index in [9.17, 15) is 28.9 Å². The van der Waals surface area contributed by atoms with Crippen LogP contribution in [-0.2, 0) is 42.2 Å². The molecule has 11 nitrogen and oxygen atoms in total. The molecular weight excluding hydrogens is 856 g/mol. The molecule has 0 fully saturated rings. The van der Waals surface area contributed by atoms with Crippen LogP contribution < -0.4 is 0 Å². The van der Waals surface area contributed by atoms with Gasteiger partial charge in [-0.1, -0.05) is 205 Å². The summed E-state index contributed by atoms with van der Waals surface area (Å²) in [7, 11) is -4.74. The molecule has 2 N–H and O–H groups in total. The van der Waals surface area contributed by atoms with Crippen molar-refractivity contribution in [1.29, 1.82) is 0 Å². The van der Waals surface area contributed by atoms with Gasteiger partial charge in [-0.25, -0.2) is 4.57 Å². The lowest BCUT2D eigenvalue weighted by molar-refractivity contribution is -0.161. The van der Waals surface area contributed by atoms with Crippen molar-refractivity contribution in [3.63, 3.8) is 0 Å². The fourth-order valence-corrected chi connectivity index (χ4v) is 8.16. The van der Waals surface area contributed by atoms with E-state index in [2.05, 4.69) is 57.2 Å². The first kappa shape index (κ1) is 63.7. The van der Waals surface area contributed by atoms with E-state index in [0.29, 0.717) is 19.3 Å². The molecule has 0 radical (unpaired) electrons. The minimum atomic E-state index is -4.74. The van der Waals surface area contributed by atoms with E-state index in [1.165, 1.54) is 89.9 Å². The van der Waals surface area contributed by atoms with Crippen LogP contribution in [-0.4, -0.2) is 66.5 Å². The Morgan fingerprint density at radius 3 is 1.24 bits per heavy atom. The van der Waals surface area contributed by atoms with Crippen LogP contribution >= 0.6 is 7.82 Å². The number of hydrogen-bond donors (Lipinski definition) is 2. The van der Waals surface area contributed by atoms with Gasteiger partial charge >= 0.3 is 25.7 Å². The van der Waals surface area contributed by atoms with E-state index in [0.717, 1.165) is 103 Å². The Labute approximate surface area is 403 Å². The summed E-state index contributed by atoms with van der Waals surface area (Å²) in [5.74, 6) is -1.48. The van der Waals surface area contributed by atoms with Crippen molar-refractivity contribution in [3.8, 4) is 0 Å². The number of allylic oxidation sites excluding steroid dienone is 6. The summed E-state index contributed by atoms with van der Waals surface area (Å²) in [6.45, 7) is 4.53. The first-order valence-corrected chi connectivity index (χ1v) is 28.4. The molecule has 0 aromatic carbocycles. The zero-order valence-electron chi connectivity index (χ0n) is 42.4. The maximum atomic E-state index is 12.8. The van der Waals surface area contributed by atoms with Crippen molar-refractivity contribution >= 4 is 25.7 Å². The highest BCUT2D eigenvalue weighted by Gasteiger charge is 2.28. The fourth-order valence-electron chi connectivity index (χ4n) is 7.38. The van der Waals surface area contributed by atoms with Gasteiger partial charge in [-0.05, 0) is 64.2 Å². The van der Waals surface area contributed by atoms with E-state index in [1.54, 1.807) is 0 Å². The highest BCUT2D eigenvalue weighted by Crippen LogP contribution is 2.43. The van der Waals surface area contributed by atoms with Gasteiger partial charge in [0.2, 0.25) is 0 Å². The van der Waals surface area contributed by atoms with E-state index in [1.807, 2.05) is 0 Å². The fraction of sp³-hybridized carbons (Fsp3) is 0.833. The van der Waals surface area contributed by atoms with E-state index < -0.39 is 57.8 Å². The lowest BCUT2D eigenvalue weighted by atomic mass is 10.0. The number of phosphoric acid groups is 1. The standard InChI is InChI=1S/C54H99O11P/c1-4-7-10-13-16-19-22-24-25-27-30-33-36-39-42-45-54(58)65-51(47-61-52(56)43-40-37-34-31-28-21-18-15-12-9-6-3)49-63-66(59,60)62-48-50(46-55)64-53(57)44-41-38-35-32-29-26-23-20-17-14-11-8-5-2/h11,14-15,18,20,23,50-51,55H,4-10,12-13,16-17,19,21-22,24-49H2,1-3H3,(H,59,60)/b14-11-,18-15-,23-20-. The molecule has 3 atom stereocenters. The average Bonchev–Trinajstić information content (AvgIpc) is 3.30. The molecule has 3 unspecified atom stereocenters. The Balaban J connectivity index is 4.71. The molecule has 0 aromatic heterocycles. The maximum Gasteiger partial charge on any atom is 0.472 e. The summed E-state index contributed by atoms with van der Waals surface area (Å²) in [4.78, 5) is 48.3. The number of unbranched alkanes of at least 4 members (excludes halogenated alkanes) is 27. The van der Waals surface area contributed by atoms with Gasteiger partial charge in [0.15, 0.2) is 6.10 Å². The maximum absolute atomic E-state index is 12.8. The molecule has 0 aromatic rings. The van der Waals surface area contributed by atoms with Crippen LogP contribution in [0.25, 0.3) is 0 Å². The largest absolute Gasteiger partial charge is 0.472 e. The van der Waals surface area contributed by atoms with Gasteiger partial charge in [0.25, 0.3) is 0 Å². The predicted molar refractivity (Wildman–Crippen MR) is 270 cm³/mol. The Morgan fingerprint density at radius 2 is 0.788 bits per heavy atom.